The van der Waals surface area contributed by atoms with Crippen molar-refractivity contribution >= 4 is 23.0 Å². The van der Waals surface area contributed by atoms with Crippen LogP contribution in [0.2, 0.25) is 0 Å². The summed E-state index contributed by atoms with van der Waals surface area (Å²) in [5.41, 5.74) is 0.310. The van der Waals surface area contributed by atoms with E-state index in [1.807, 2.05) is 23.6 Å². The van der Waals surface area contributed by atoms with Crippen molar-refractivity contribution in [2.75, 3.05) is 6.54 Å². The Morgan fingerprint density at radius 3 is 2.93 bits per heavy atom. The Bertz CT molecular complexity index is 816. The van der Waals surface area contributed by atoms with Gasteiger partial charge >= 0.3 is 0 Å². The first-order valence-corrected chi connectivity index (χ1v) is 10.7. The van der Waals surface area contributed by atoms with Gasteiger partial charge in [-0.2, -0.15) is 5.26 Å². The number of amides is 1. The number of carbonyl (C=O) groups is 2. The summed E-state index contributed by atoms with van der Waals surface area (Å²) in [6, 6.07) is 7.57. The van der Waals surface area contributed by atoms with Crippen molar-refractivity contribution in [3.05, 3.63) is 29.3 Å². The normalized spacial score (nSPS) is 18.2. The average Bonchev–Trinajstić information content (AvgIpc) is 3.34. The van der Waals surface area contributed by atoms with Gasteiger partial charge in [0.1, 0.15) is 5.78 Å². The van der Waals surface area contributed by atoms with E-state index in [1.165, 1.54) is 0 Å². The number of unbranched alkanes of at least 4 members (excludes halogenated alkanes) is 2. The Morgan fingerprint density at radius 2 is 2.18 bits per heavy atom. The first-order chi connectivity index (χ1) is 13.7. The summed E-state index contributed by atoms with van der Waals surface area (Å²) in [5, 5.41) is 17.2. The van der Waals surface area contributed by atoms with Crippen LogP contribution in [0.4, 0.5) is 0 Å². The lowest BCUT2D eigenvalue weighted by molar-refractivity contribution is -0.126. The van der Waals surface area contributed by atoms with Crippen LogP contribution in [0.15, 0.2) is 28.1 Å². The van der Waals surface area contributed by atoms with Crippen LogP contribution >= 0.6 is 11.3 Å². The number of nitrogens with zero attached hydrogens (tertiary/aromatic N) is 2. The van der Waals surface area contributed by atoms with Crippen molar-refractivity contribution in [2.24, 2.45) is 11.8 Å². The summed E-state index contributed by atoms with van der Waals surface area (Å²) in [6.45, 7) is 0.625. The van der Waals surface area contributed by atoms with Gasteiger partial charge in [0.15, 0.2) is 11.5 Å². The third-order valence-corrected chi connectivity index (χ3v) is 6.14. The van der Waals surface area contributed by atoms with Gasteiger partial charge in [-0.3, -0.25) is 9.59 Å². The number of nitriles is 1. The van der Waals surface area contributed by atoms with Crippen molar-refractivity contribution in [3.8, 4) is 16.7 Å². The van der Waals surface area contributed by atoms with Crippen LogP contribution in [-0.2, 0) is 4.79 Å². The second-order valence-electron chi connectivity index (χ2n) is 7.32. The second kappa shape index (κ2) is 10.2. The molecule has 1 saturated carbocycles. The average molecular weight is 400 g/mol. The van der Waals surface area contributed by atoms with Gasteiger partial charge in [0.25, 0.3) is 5.91 Å². The fourth-order valence-corrected chi connectivity index (χ4v) is 4.24. The molecule has 2 heterocycles. The van der Waals surface area contributed by atoms with Crippen LogP contribution < -0.4 is 5.32 Å². The summed E-state index contributed by atoms with van der Waals surface area (Å²) < 4.78 is 5.23. The Labute approximate surface area is 168 Å². The SMILES string of the molecule is N#CCCC(=O)C1CC(CCCCCNC(=O)c2cc(-c3cccs3)on2)C1. The van der Waals surface area contributed by atoms with E-state index < -0.39 is 0 Å². The summed E-state index contributed by atoms with van der Waals surface area (Å²) in [6.07, 6.45) is 6.97. The number of Topliss-reactive ketones (excluding diaryl/α,β-unsaturated/α-hetero) is 1. The molecule has 3 rings (SSSR count). The maximum absolute atomic E-state index is 12.1. The summed E-state index contributed by atoms with van der Waals surface area (Å²) >= 11 is 1.54. The molecule has 28 heavy (non-hydrogen) atoms. The molecule has 7 heteroatoms. The molecule has 1 amide bonds. The molecule has 1 aliphatic carbocycles. The monoisotopic (exact) mass is 399 g/mol. The maximum atomic E-state index is 12.1. The Kier molecular flexibility index (Phi) is 7.38. The topological polar surface area (TPSA) is 96.0 Å². The predicted octanol–water partition coefficient (Wildman–Crippen LogP) is 4.59. The van der Waals surface area contributed by atoms with E-state index in [9.17, 15) is 9.59 Å². The van der Waals surface area contributed by atoms with E-state index in [0.29, 0.717) is 36.8 Å². The minimum Gasteiger partial charge on any atom is -0.355 e. The molecule has 1 N–H and O–H groups in total. The first kappa shape index (κ1) is 20.3. The number of ketones is 1. The molecule has 0 unspecified atom stereocenters. The Hall–Kier alpha value is -2.46. The number of aromatic nitrogens is 1. The minimum atomic E-state index is -0.204. The van der Waals surface area contributed by atoms with Crippen LogP contribution in [-0.4, -0.2) is 23.4 Å². The van der Waals surface area contributed by atoms with Crippen LogP contribution in [0.25, 0.3) is 10.6 Å². The van der Waals surface area contributed by atoms with E-state index in [2.05, 4.69) is 10.5 Å². The number of carbonyl (C=O) groups excluding carboxylic acids is 2. The van der Waals surface area contributed by atoms with Crippen molar-refractivity contribution in [1.29, 1.82) is 5.26 Å². The summed E-state index contributed by atoms with van der Waals surface area (Å²) in [5.74, 6) is 1.51. The van der Waals surface area contributed by atoms with E-state index in [4.69, 9.17) is 9.78 Å². The lowest BCUT2D eigenvalue weighted by Gasteiger charge is -2.34. The highest BCUT2D eigenvalue weighted by atomic mass is 32.1. The molecular weight excluding hydrogens is 374 g/mol. The van der Waals surface area contributed by atoms with Gasteiger partial charge in [-0.25, -0.2) is 0 Å². The Morgan fingerprint density at radius 1 is 1.32 bits per heavy atom. The minimum absolute atomic E-state index is 0.194. The van der Waals surface area contributed by atoms with Crippen molar-refractivity contribution in [2.45, 2.75) is 51.4 Å². The van der Waals surface area contributed by atoms with E-state index in [0.717, 1.165) is 43.4 Å². The molecule has 0 spiro atoms. The van der Waals surface area contributed by atoms with Gasteiger partial charge in [0.2, 0.25) is 0 Å². The van der Waals surface area contributed by atoms with Gasteiger partial charge in [0.05, 0.1) is 10.9 Å². The third-order valence-electron chi connectivity index (χ3n) is 5.26. The van der Waals surface area contributed by atoms with Gasteiger partial charge in [-0.15, -0.1) is 11.3 Å². The number of thiophene rings is 1. The number of rotatable bonds is 11. The summed E-state index contributed by atoms with van der Waals surface area (Å²) in [7, 11) is 0. The molecule has 148 valence electrons. The van der Waals surface area contributed by atoms with Gasteiger partial charge in [0, 0.05) is 31.4 Å². The molecule has 0 radical (unpaired) electrons. The molecule has 0 atom stereocenters. The molecule has 2 aromatic rings. The van der Waals surface area contributed by atoms with E-state index in [1.54, 1.807) is 17.4 Å². The lowest BCUT2D eigenvalue weighted by atomic mass is 9.70. The molecule has 0 bridgehead atoms. The molecule has 6 nitrogen and oxygen atoms in total. The summed E-state index contributed by atoms with van der Waals surface area (Å²) in [4.78, 5) is 24.9. The highest BCUT2D eigenvalue weighted by Crippen LogP contribution is 2.38. The molecule has 0 saturated heterocycles. The molecule has 1 aliphatic rings. The Balaban J connectivity index is 1.24. The molecule has 1 fully saturated rings. The van der Waals surface area contributed by atoms with Gasteiger partial charge in [-0.1, -0.05) is 30.5 Å². The lowest BCUT2D eigenvalue weighted by Crippen LogP contribution is -2.30. The fourth-order valence-electron chi connectivity index (χ4n) is 3.56. The van der Waals surface area contributed by atoms with Crippen molar-refractivity contribution in [1.82, 2.24) is 10.5 Å². The van der Waals surface area contributed by atoms with Crippen LogP contribution in [0.5, 0.6) is 0 Å². The second-order valence-corrected chi connectivity index (χ2v) is 8.27. The van der Waals surface area contributed by atoms with Crippen molar-refractivity contribution < 1.29 is 14.1 Å². The standard InChI is InChI=1S/C21H25N3O3S/c22-9-4-7-18(25)16-12-15(13-16)6-2-1-3-10-23-21(26)17-14-19(27-24-17)20-8-5-11-28-20/h5,8,11,14-16H,1-4,6-7,10,12-13H2,(H,23,26). The number of hydrogen-bond donors (Lipinski definition) is 1. The van der Waals surface area contributed by atoms with Gasteiger partial charge in [-0.05, 0) is 36.6 Å². The van der Waals surface area contributed by atoms with Crippen LogP contribution in [0.1, 0.15) is 61.9 Å². The van der Waals surface area contributed by atoms with Crippen LogP contribution in [0.3, 0.4) is 0 Å². The van der Waals surface area contributed by atoms with Gasteiger partial charge < -0.3 is 9.84 Å². The zero-order chi connectivity index (χ0) is 19.8. The molecule has 0 aliphatic heterocycles. The maximum Gasteiger partial charge on any atom is 0.273 e. The molecule has 0 aromatic carbocycles. The van der Waals surface area contributed by atoms with E-state index in [-0.39, 0.29) is 17.6 Å². The number of hydrogen-bond acceptors (Lipinski definition) is 6. The largest absolute Gasteiger partial charge is 0.355 e. The zero-order valence-corrected chi connectivity index (χ0v) is 16.7. The van der Waals surface area contributed by atoms with Crippen LogP contribution in [0, 0.1) is 23.2 Å². The number of nitrogens with one attached hydrogen (secondary N) is 1. The molecular formula is C21H25N3O3S. The predicted molar refractivity (Wildman–Crippen MR) is 107 cm³/mol. The molecule has 2 aromatic heterocycles. The first-order valence-electron chi connectivity index (χ1n) is 9.86. The zero-order valence-electron chi connectivity index (χ0n) is 15.9. The highest BCUT2D eigenvalue weighted by molar-refractivity contribution is 7.13. The third kappa shape index (κ3) is 5.52. The highest BCUT2D eigenvalue weighted by Gasteiger charge is 2.33. The smallest absolute Gasteiger partial charge is 0.273 e. The quantitative estimate of drug-likeness (QED) is 0.557. The van der Waals surface area contributed by atoms with E-state index >= 15 is 0 Å². The van der Waals surface area contributed by atoms with Crippen molar-refractivity contribution in [3.63, 3.8) is 0 Å². The fraction of sp³-hybridized carbons (Fsp3) is 0.524.